The molecule has 1 heterocycles. The van der Waals surface area contributed by atoms with Gasteiger partial charge in [0.2, 0.25) is 0 Å². The standard InChI is InChI=1S/C17H27NO3.C3H7NO/c1-12-10-14(18-8-6-5-7-9-18)16(21-13(2)19)17(3,4)11-15(12)20;1-3(2)4-5/h10,14,16H,5-9,11H2,1-4H3;5H,1-2H3. The quantitative estimate of drug-likeness (QED) is 0.350. The van der Waals surface area contributed by atoms with Crippen molar-refractivity contribution in [3.63, 3.8) is 0 Å². The smallest absolute Gasteiger partial charge is 0.302 e. The highest BCUT2D eigenvalue weighted by atomic mass is 16.5. The lowest BCUT2D eigenvalue weighted by Gasteiger charge is -2.42. The van der Waals surface area contributed by atoms with Crippen LogP contribution in [0.4, 0.5) is 0 Å². The highest BCUT2D eigenvalue weighted by molar-refractivity contribution is 5.95. The van der Waals surface area contributed by atoms with E-state index < -0.39 is 0 Å². The minimum Gasteiger partial charge on any atom is -0.460 e. The van der Waals surface area contributed by atoms with Gasteiger partial charge in [0, 0.05) is 18.8 Å². The second-order valence-electron chi connectivity index (χ2n) is 8.10. The molecule has 0 saturated carbocycles. The van der Waals surface area contributed by atoms with E-state index in [0.29, 0.717) is 12.1 Å². The SMILES string of the molecule is CC(=O)OC1C(N2CCCCC2)C=C(C)C(=O)CC1(C)C.CC(C)=NO. The van der Waals surface area contributed by atoms with E-state index in [0.717, 1.165) is 18.7 Å². The van der Waals surface area contributed by atoms with Gasteiger partial charge in [0.15, 0.2) is 5.78 Å². The number of nitrogens with zero attached hydrogens (tertiary/aromatic N) is 2. The van der Waals surface area contributed by atoms with Gasteiger partial charge in [-0.05, 0) is 52.3 Å². The fourth-order valence-corrected chi connectivity index (χ4v) is 3.47. The zero-order valence-electron chi connectivity index (χ0n) is 17.0. The van der Waals surface area contributed by atoms with Crippen molar-refractivity contribution < 1.29 is 19.5 Å². The van der Waals surface area contributed by atoms with Crippen molar-refractivity contribution in [2.45, 2.75) is 79.4 Å². The number of ketones is 1. The van der Waals surface area contributed by atoms with E-state index in [1.807, 2.05) is 26.8 Å². The molecular formula is C20H34N2O4. The number of ether oxygens (including phenoxy) is 1. The van der Waals surface area contributed by atoms with Gasteiger partial charge in [0.05, 0.1) is 11.8 Å². The lowest BCUT2D eigenvalue weighted by Crippen LogP contribution is -2.51. The maximum absolute atomic E-state index is 12.3. The van der Waals surface area contributed by atoms with Gasteiger partial charge >= 0.3 is 5.97 Å². The van der Waals surface area contributed by atoms with Crippen LogP contribution >= 0.6 is 0 Å². The number of hydrogen-bond acceptors (Lipinski definition) is 6. The Labute approximate surface area is 157 Å². The predicted molar refractivity (Wildman–Crippen MR) is 102 cm³/mol. The van der Waals surface area contributed by atoms with Crippen LogP contribution in [0.15, 0.2) is 16.8 Å². The summed E-state index contributed by atoms with van der Waals surface area (Å²) in [5.74, 6) is -0.104. The molecule has 0 spiro atoms. The van der Waals surface area contributed by atoms with Gasteiger partial charge in [-0.3, -0.25) is 14.5 Å². The Morgan fingerprint density at radius 2 is 1.77 bits per heavy atom. The second kappa shape index (κ2) is 9.86. The molecular weight excluding hydrogens is 332 g/mol. The van der Waals surface area contributed by atoms with Crippen LogP contribution in [-0.4, -0.2) is 52.8 Å². The number of carbonyl (C=O) groups is 2. The maximum atomic E-state index is 12.3. The van der Waals surface area contributed by atoms with Crippen molar-refractivity contribution in [3.05, 3.63) is 11.6 Å². The first-order chi connectivity index (χ1) is 12.1. The van der Waals surface area contributed by atoms with Gasteiger partial charge in [0.1, 0.15) is 6.10 Å². The van der Waals surface area contributed by atoms with Crippen LogP contribution in [0.5, 0.6) is 0 Å². The number of hydrogen-bond donors (Lipinski definition) is 1. The minimum absolute atomic E-state index is 0.00986. The molecule has 1 saturated heterocycles. The van der Waals surface area contributed by atoms with Crippen molar-refractivity contribution in [1.29, 1.82) is 0 Å². The third-order valence-corrected chi connectivity index (χ3v) is 4.86. The van der Waals surface area contributed by atoms with Crippen LogP contribution in [-0.2, 0) is 14.3 Å². The minimum atomic E-state index is -0.348. The zero-order chi connectivity index (χ0) is 19.9. The molecule has 1 aliphatic heterocycles. The van der Waals surface area contributed by atoms with Crippen molar-refractivity contribution in [3.8, 4) is 0 Å². The summed E-state index contributed by atoms with van der Waals surface area (Å²) in [6.07, 6.45) is 5.78. The Hall–Kier alpha value is -1.69. The molecule has 6 nitrogen and oxygen atoms in total. The Bertz CT molecular complexity index is 556. The van der Waals surface area contributed by atoms with Crippen molar-refractivity contribution in [2.75, 3.05) is 13.1 Å². The molecule has 2 aliphatic rings. The van der Waals surface area contributed by atoms with Crippen molar-refractivity contribution >= 4 is 17.5 Å². The van der Waals surface area contributed by atoms with Crippen LogP contribution in [0.2, 0.25) is 0 Å². The number of likely N-dealkylation sites (tertiary alicyclic amines) is 1. The van der Waals surface area contributed by atoms with Gasteiger partial charge in [-0.2, -0.15) is 0 Å². The molecule has 2 unspecified atom stereocenters. The molecule has 0 bridgehead atoms. The Balaban J connectivity index is 0.000000597. The predicted octanol–water partition coefficient (Wildman–Crippen LogP) is 3.57. The number of piperidine rings is 1. The molecule has 2 rings (SSSR count). The molecule has 0 aromatic rings. The van der Waals surface area contributed by atoms with E-state index in [-0.39, 0.29) is 29.3 Å². The third-order valence-electron chi connectivity index (χ3n) is 4.86. The number of carbonyl (C=O) groups excluding carboxylic acids is 2. The molecule has 6 heteroatoms. The summed E-state index contributed by atoms with van der Waals surface area (Å²) < 4.78 is 5.67. The number of Topliss-reactive ketones (excluding diaryl/α,β-unsaturated/α-hetero) is 1. The number of allylic oxidation sites excluding steroid dienone is 1. The maximum Gasteiger partial charge on any atom is 0.302 e. The lowest BCUT2D eigenvalue weighted by molar-refractivity contribution is -0.158. The lowest BCUT2D eigenvalue weighted by atomic mass is 9.79. The average Bonchev–Trinajstić information content (AvgIpc) is 2.65. The fourth-order valence-electron chi connectivity index (χ4n) is 3.47. The van der Waals surface area contributed by atoms with E-state index >= 15 is 0 Å². The number of oxime groups is 1. The zero-order valence-corrected chi connectivity index (χ0v) is 17.0. The summed E-state index contributed by atoms with van der Waals surface area (Å²) in [5.41, 5.74) is 1.14. The first-order valence-corrected chi connectivity index (χ1v) is 9.36. The summed E-state index contributed by atoms with van der Waals surface area (Å²) in [6, 6.07) is 0.00986. The average molecular weight is 367 g/mol. The van der Waals surface area contributed by atoms with E-state index in [1.165, 1.54) is 26.2 Å². The van der Waals surface area contributed by atoms with E-state index in [4.69, 9.17) is 9.94 Å². The Kier molecular flexibility index (Phi) is 8.47. The van der Waals surface area contributed by atoms with Crippen molar-refractivity contribution in [1.82, 2.24) is 4.90 Å². The molecule has 1 N–H and O–H groups in total. The van der Waals surface area contributed by atoms with E-state index in [2.05, 4.69) is 10.1 Å². The van der Waals surface area contributed by atoms with Gasteiger partial charge in [-0.25, -0.2) is 0 Å². The second-order valence-corrected chi connectivity index (χ2v) is 8.10. The van der Waals surface area contributed by atoms with Crippen molar-refractivity contribution in [2.24, 2.45) is 10.6 Å². The molecule has 0 amide bonds. The summed E-state index contributed by atoms with van der Waals surface area (Å²) in [5, 5.41) is 10.5. The van der Waals surface area contributed by atoms with Crippen LogP contribution in [0.3, 0.4) is 0 Å². The molecule has 0 radical (unpaired) electrons. The third kappa shape index (κ3) is 6.56. The number of esters is 1. The van der Waals surface area contributed by atoms with Crippen LogP contribution in [0.25, 0.3) is 0 Å². The van der Waals surface area contributed by atoms with Gasteiger partial charge in [0.25, 0.3) is 0 Å². The Morgan fingerprint density at radius 3 is 2.23 bits per heavy atom. The summed E-state index contributed by atoms with van der Waals surface area (Å²) in [4.78, 5) is 26.2. The monoisotopic (exact) mass is 366 g/mol. The van der Waals surface area contributed by atoms with E-state index in [9.17, 15) is 9.59 Å². The first-order valence-electron chi connectivity index (χ1n) is 9.36. The summed E-state index contributed by atoms with van der Waals surface area (Å²) in [6.45, 7) is 12.9. The summed E-state index contributed by atoms with van der Waals surface area (Å²) in [7, 11) is 0. The van der Waals surface area contributed by atoms with Gasteiger partial charge in [-0.1, -0.05) is 31.5 Å². The molecule has 26 heavy (non-hydrogen) atoms. The van der Waals surface area contributed by atoms with E-state index in [1.54, 1.807) is 13.8 Å². The normalized spacial score (nSPS) is 25.9. The highest BCUT2D eigenvalue weighted by Crippen LogP contribution is 2.37. The molecule has 148 valence electrons. The van der Waals surface area contributed by atoms with Crippen LogP contribution in [0.1, 0.15) is 67.2 Å². The molecule has 1 aliphatic carbocycles. The first kappa shape index (κ1) is 22.4. The molecule has 0 aromatic heterocycles. The molecule has 2 atom stereocenters. The fraction of sp³-hybridized carbons (Fsp3) is 0.750. The van der Waals surface area contributed by atoms with Crippen LogP contribution in [0, 0.1) is 5.41 Å². The largest absolute Gasteiger partial charge is 0.460 e. The molecule has 0 aromatic carbocycles. The Morgan fingerprint density at radius 1 is 1.23 bits per heavy atom. The number of rotatable bonds is 2. The van der Waals surface area contributed by atoms with Crippen LogP contribution < -0.4 is 0 Å². The van der Waals surface area contributed by atoms with Gasteiger partial charge < -0.3 is 9.94 Å². The highest BCUT2D eigenvalue weighted by Gasteiger charge is 2.43. The molecule has 1 fully saturated rings. The topological polar surface area (TPSA) is 79.2 Å². The summed E-state index contributed by atoms with van der Waals surface area (Å²) >= 11 is 0. The van der Waals surface area contributed by atoms with Gasteiger partial charge in [-0.15, -0.1) is 0 Å².